The van der Waals surface area contributed by atoms with E-state index in [-0.39, 0.29) is 0 Å². The number of aromatic nitrogens is 4. The number of hydrogen-bond acceptors (Lipinski definition) is 3. The number of benzene rings is 1. The van der Waals surface area contributed by atoms with Crippen LogP contribution in [-0.2, 0) is 0 Å². The van der Waals surface area contributed by atoms with Gasteiger partial charge in [-0.3, -0.25) is 5.10 Å². The molecule has 0 atom stereocenters. The van der Waals surface area contributed by atoms with Gasteiger partial charge in [0.1, 0.15) is 11.8 Å². The fourth-order valence-electron chi connectivity index (χ4n) is 2.29. The normalized spacial score (nSPS) is 10.4. The number of nitriles is 1. The standard InChI is InChI=1S/C15H13N5/c1-10-6-11(2)20(19-10)13-5-3-4-12(7-13)14-9-17-18-15(14)8-16/h3-7,9H,1-2H3,(H,17,18). The lowest BCUT2D eigenvalue weighted by Gasteiger charge is -2.06. The topological polar surface area (TPSA) is 70.3 Å². The van der Waals surface area contributed by atoms with Crippen molar-refractivity contribution in [2.45, 2.75) is 13.8 Å². The summed E-state index contributed by atoms with van der Waals surface area (Å²) in [7, 11) is 0. The molecule has 1 N–H and O–H groups in total. The maximum absolute atomic E-state index is 9.06. The number of nitrogens with zero attached hydrogens (tertiary/aromatic N) is 4. The van der Waals surface area contributed by atoms with Crippen LogP contribution in [-0.4, -0.2) is 20.0 Å². The van der Waals surface area contributed by atoms with E-state index in [1.54, 1.807) is 6.20 Å². The summed E-state index contributed by atoms with van der Waals surface area (Å²) in [6, 6.07) is 12.1. The van der Waals surface area contributed by atoms with Crippen molar-refractivity contribution in [3.63, 3.8) is 0 Å². The molecular weight excluding hydrogens is 250 g/mol. The Hall–Kier alpha value is -2.87. The number of nitrogens with one attached hydrogen (secondary N) is 1. The zero-order chi connectivity index (χ0) is 14.1. The largest absolute Gasteiger partial charge is 0.267 e. The van der Waals surface area contributed by atoms with Crippen LogP contribution < -0.4 is 0 Å². The lowest BCUT2D eigenvalue weighted by molar-refractivity contribution is 0.834. The predicted molar refractivity (Wildman–Crippen MR) is 75.3 cm³/mol. The maximum Gasteiger partial charge on any atom is 0.143 e. The summed E-state index contributed by atoms with van der Waals surface area (Å²) in [4.78, 5) is 0. The average Bonchev–Trinajstić information content (AvgIpc) is 3.05. The van der Waals surface area contributed by atoms with Gasteiger partial charge in [0.05, 0.1) is 17.6 Å². The highest BCUT2D eigenvalue weighted by Crippen LogP contribution is 2.24. The lowest BCUT2D eigenvalue weighted by atomic mass is 10.1. The number of aryl methyl sites for hydroxylation is 2. The van der Waals surface area contributed by atoms with E-state index < -0.39 is 0 Å². The first-order valence-electron chi connectivity index (χ1n) is 6.26. The number of hydrogen-bond donors (Lipinski definition) is 1. The Morgan fingerprint density at radius 2 is 2.10 bits per heavy atom. The van der Waals surface area contributed by atoms with Gasteiger partial charge in [-0.1, -0.05) is 12.1 Å². The van der Waals surface area contributed by atoms with E-state index in [1.807, 2.05) is 48.9 Å². The fraction of sp³-hybridized carbons (Fsp3) is 0.133. The summed E-state index contributed by atoms with van der Waals surface area (Å²) in [6.45, 7) is 3.99. The summed E-state index contributed by atoms with van der Waals surface area (Å²) < 4.78 is 1.89. The molecule has 98 valence electrons. The van der Waals surface area contributed by atoms with Gasteiger partial charge in [0.15, 0.2) is 0 Å². The van der Waals surface area contributed by atoms with Gasteiger partial charge in [-0.05, 0) is 37.6 Å². The van der Waals surface area contributed by atoms with E-state index in [0.29, 0.717) is 5.69 Å². The molecule has 5 nitrogen and oxygen atoms in total. The Morgan fingerprint density at radius 1 is 1.25 bits per heavy atom. The second kappa shape index (κ2) is 4.67. The minimum absolute atomic E-state index is 0.468. The van der Waals surface area contributed by atoms with Gasteiger partial charge in [0, 0.05) is 11.3 Å². The van der Waals surface area contributed by atoms with Crippen molar-refractivity contribution in [2.24, 2.45) is 0 Å². The highest BCUT2D eigenvalue weighted by Gasteiger charge is 2.09. The van der Waals surface area contributed by atoms with Crippen LogP contribution in [0.2, 0.25) is 0 Å². The zero-order valence-electron chi connectivity index (χ0n) is 11.3. The minimum atomic E-state index is 0.468. The Bertz CT molecular complexity index is 804. The first kappa shape index (κ1) is 12.2. The number of H-pyrrole nitrogens is 1. The maximum atomic E-state index is 9.06. The molecule has 3 rings (SSSR count). The molecular formula is C15H13N5. The van der Waals surface area contributed by atoms with Gasteiger partial charge in [0.2, 0.25) is 0 Å². The summed E-state index contributed by atoms with van der Waals surface area (Å²) in [6.07, 6.45) is 1.67. The Morgan fingerprint density at radius 3 is 2.80 bits per heavy atom. The Balaban J connectivity index is 2.11. The van der Waals surface area contributed by atoms with E-state index in [4.69, 9.17) is 5.26 Å². The predicted octanol–water partition coefficient (Wildman–Crippen LogP) is 2.75. The van der Waals surface area contributed by atoms with Gasteiger partial charge in [-0.25, -0.2) is 4.68 Å². The summed E-state index contributed by atoms with van der Waals surface area (Å²) in [5, 5.41) is 20.2. The summed E-state index contributed by atoms with van der Waals surface area (Å²) in [5.74, 6) is 0. The first-order valence-corrected chi connectivity index (χ1v) is 6.26. The second-order valence-corrected chi connectivity index (χ2v) is 4.66. The summed E-state index contributed by atoms with van der Waals surface area (Å²) in [5.41, 5.74) is 5.24. The third-order valence-electron chi connectivity index (χ3n) is 3.16. The molecule has 0 bridgehead atoms. The lowest BCUT2D eigenvalue weighted by Crippen LogP contribution is -1.99. The highest BCUT2D eigenvalue weighted by atomic mass is 15.3. The van der Waals surface area contributed by atoms with Crippen molar-refractivity contribution >= 4 is 0 Å². The molecule has 0 radical (unpaired) electrons. The van der Waals surface area contributed by atoms with E-state index in [0.717, 1.165) is 28.2 Å². The van der Waals surface area contributed by atoms with Crippen LogP contribution in [0, 0.1) is 25.2 Å². The molecule has 0 saturated carbocycles. The Labute approximate surface area is 116 Å². The average molecular weight is 263 g/mol. The molecule has 0 fully saturated rings. The van der Waals surface area contributed by atoms with E-state index in [2.05, 4.69) is 21.4 Å². The molecule has 0 saturated heterocycles. The Kier molecular flexibility index (Phi) is 2.84. The molecule has 0 spiro atoms. The van der Waals surface area contributed by atoms with Crippen molar-refractivity contribution in [1.29, 1.82) is 5.26 Å². The van der Waals surface area contributed by atoms with E-state index in [9.17, 15) is 0 Å². The third-order valence-corrected chi connectivity index (χ3v) is 3.16. The molecule has 2 heterocycles. The van der Waals surface area contributed by atoms with Gasteiger partial charge in [-0.2, -0.15) is 15.5 Å². The molecule has 1 aromatic carbocycles. The van der Waals surface area contributed by atoms with Crippen LogP contribution in [0.5, 0.6) is 0 Å². The molecule has 0 amide bonds. The molecule has 0 aliphatic carbocycles. The molecule has 3 aromatic rings. The number of aromatic amines is 1. The van der Waals surface area contributed by atoms with Crippen LogP contribution in [0.4, 0.5) is 0 Å². The smallest absolute Gasteiger partial charge is 0.143 e. The van der Waals surface area contributed by atoms with Crippen molar-refractivity contribution < 1.29 is 0 Å². The van der Waals surface area contributed by atoms with Crippen molar-refractivity contribution in [2.75, 3.05) is 0 Å². The van der Waals surface area contributed by atoms with Crippen molar-refractivity contribution in [3.05, 3.63) is 53.6 Å². The zero-order valence-corrected chi connectivity index (χ0v) is 11.3. The molecule has 0 unspecified atom stereocenters. The van der Waals surface area contributed by atoms with Gasteiger partial charge >= 0.3 is 0 Å². The quantitative estimate of drug-likeness (QED) is 0.772. The minimum Gasteiger partial charge on any atom is -0.267 e. The second-order valence-electron chi connectivity index (χ2n) is 4.66. The van der Waals surface area contributed by atoms with Crippen molar-refractivity contribution in [3.8, 4) is 22.9 Å². The van der Waals surface area contributed by atoms with Crippen LogP contribution >= 0.6 is 0 Å². The molecule has 0 aliphatic heterocycles. The van der Waals surface area contributed by atoms with E-state index >= 15 is 0 Å². The van der Waals surface area contributed by atoms with Gasteiger partial charge in [0.25, 0.3) is 0 Å². The van der Waals surface area contributed by atoms with E-state index in [1.165, 1.54) is 0 Å². The molecule has 2 aromatic heterocycles. The van der Waals surface area contributed by atoms with Gasteiger partial charge < -0.3 is 0 Å². The summed E-state index contributed by atoms with van der Waals surface area (Å²) >= 11 is 0. The third kappa shape index (κ3) is 1.97. The first-order chi connectivity index (χ1) is 9.69. The number of rotatable bonds is 2. The molecule has 5 heteroatoms. The monoisotopic (exact) mass is 263 g/mol. The van der Waals surface area contributed by atoms with Crippen LogP contribution in [0.15, 0.2) is 36.5 Å². The SMILES string of the molecule is Cc1cc(C)n(-c2cccc(-c3cn[nH]c3C#N)c2)n1. The van der Waals surface area contributed by atoms with Gasteiger partial charge in [-0.15, -0.1) is 0 Å². The van der Waals surface area contributed by atoms with Crippen LogP contribution in [0.3, 0.4) is 0 Å². The van der Waals surface area contributed by atoms with Crippen molar-refractivity contribution in [1.82, 2.24) is 20.0 Å². The fourth-order valence-corrected chi connectivity index (χ4v) is 2.29. The van der Waals surface area contributed by atoms with Crippen LogP contribution in [0.1, 0.15) is 17.1 Å². The molecule has 0 aliphatic rings. The highest BCUT2D eigenvalue weighted by molar-refractivity contribution is 5.69. The van der Waals surface area contributed by atoms with Crippen LogP contribution in [0.25, 0.3) is 16.8 Å². The molecule has 20 heavy (non-hydrogen) atoms.